The second-order valence-electron chi connectivity index (χ2n) is 2.07. The molecule has 0 fully saturated rings. The Morgan fingerprint density at radius 3 is 2.58 bits per heavy atom. The highest BCUT2D eigenvalue weighted by atomic mass is 79.9. The number of rotatable bonds is 2. The smallest absolute Gasteiger partial charge is 0.387 e. The minimum Gasteiger partial charge on any atom is -0.434 e. The normalized spacial score (nSPS) is 10.3. The second kappa shape index (κ2) is 3.71. The topological polar surface area (TPSA) is 35.2 Å². The van der Waals surface area contributed by atoms with Crippen molar-refractivity contribution in [2.75, 3.05) is 5.73 Å². The molecule has 2 N–H and O–H groups in total. The van der Waals surface area contributed by atoms with Crippen LogP contribution in [-0.4, -0.2) is 6.61 Å². The molecule has 0 unspecified atom stereocenters. The van der Waals surface area contributed by atoms with Gasteiger partial charge in [0.1, 0.15) is 5.75 Å². The highest BCUT2D eigenvalue weighted by molar-refractivity contribution is 9.10. The fourth-order valence-electron chi connectivity index (χ4n) is 0.709. The Morgan fingerprint density at radius 2 is 2.08 bits per heavy atom. The lowest BCUT2D eigenvalue weighted by Gasteiger charge is -2.06. The lowest BCUT2D eigenvalue weighted by Crippen LogP contribution is -2.02. The van der Waals surface area contributed by atoms with Crippen LogP contribution in [0, 0.1) is 0 Å². The maximum atomic E-state index is 11.7. The summed E-state index contributed by atoms with van der Waals surface area (Å²) in [7, 11) is 0. The van der Waals surface area contributed by atoms with Crippen LogP contribution in [0.2, 0.25) is 0 Å². The number of hydrogen-bond donors (Lipinski definition) is 1. The van der Waals surface area contributed by atoms with Gasteiger partial charge in [-0.2, -0.15) is 8.78 Å². The molecule has 0 bridgehead atoms. The SMILES string of the molecule is Nc1ccc(OC(F)F)c(Br)c1. The molecule has 1 aromatic carbocycles. The van der Waals surface area contributed by atoms with Crippen LogP contribution in [0.1, 0.15) is 0 Å². The van der Waals surface area contributed by atoms with E-state index in [2.05, 4.69) is 20.7 Å². The fourth-order valence-corrected chi connectivity index (χ4v) is 1.20. The first-order valence-corrected chi connectivity index (χ1v) is 3.88. The van der Waals surface area contributed by atoms with Gasteiger partial charge in [0.2, 0.25) is 0 Å². The summed E-state index contributed by atoms with van der Waals surface area (Å²) in [5.74, 6) is 0.0826. The van der Waals surface area contributed by atoms with E-state index in [4.69, 9.17) is 5.73 Å². The van der Waals surface area contributed by atoms with Crippen LogP contribution >= 0.6 is 15.9 Å². The molecule has 66 valence electrons. The summed E-state index contributed by atoms with van der Waals surface area (Å²) in [6, 6.07) is 4.37. The Balaban J connectivity index is 2.86. The summed E-state index contributed by atoms with van der Waals surface area (Å²) in [5, 5.41) is 0. The molecule has 0 spiro atoms. The van der Waals surface area contributed by atoms with E-state index >= 15 is 0 Å². The summed E-state index contributed by atoms with van der Waals surface area (Å²) in [6.45, 7) is -2.81. The first kappa shape index (κ1) is 9.25. The highest BCUT2D eigenvalue weighted by Gasteiger charge is 2.07. The molecule has 0 aliphatic heterocycles. The van der Waals surface area contributed by atoms with E-state index in [-0.39, 0.29) is 5.75 Å². The predicted molar refractivity (Wildman–Crippen MR) is 45.2 cm³/mol. The van der Waals surface area contributed by atoms with E-state index in [0.29, 0.717) is 10.2 Å². The number of ether oxygens (including phenoxy) is 1. The van der Waals surface area contributed by atoms with Gasteiger partial charge in [0.25, 0.3) is 0 Å². The first-order valence-electron chi connectivity index (χ1n) is 3.09. The third-order valence-corrected chi connectivity index (χ3v) is 1.79. The molecule has 0 amide bonds. The molecule has 0 aliphatic carbocycles. The number of anilines is 1. The third kappa shape index (κ3) is 2.34. The number of nitrogen functional groups attached to an aromatic ring is 1. The molecule has 0 atom stereocenters. The zero-order valence-corrected chi connectivity index (χ0v) is 7.51. The molecule has 1 rings (SSSR count). The lowest BCUT2D eigenvalue weighted by atomic mass is 10.3. The van der Waals surface area contributed by atoms with Crippen molar-refractivity contribution in [3.8, 4) is 5.75 Å². The van der Waals surface area contributed by atoms with Crippen molar-refractivity contribution < 1.29 is 13.5 Å². The average Bonchev–Trinajstić information content (AvgIpc) is 1.94. The van der Waals surface area contributed by atoms with Gasteiger partial charge in [0.15, 0.2) is 0 Å². The summed E-state index contributed by atoms with van der Waals surface area (Å²) in [4.78, 5) is 0. The number of nitrogens with two attached hydrogens (primary N) is 1. The van der Waals surface area contributed by atoms with Crippen LogP contribution in [-0.2, 0) is 0 Å². The quantitative estimate of drug-likeness (QED) is 0.803. The average molecular weight is 238 g/mol. The number of halogens is 3. The fraction of sp³-hybridized carbons (Fsp3) is 0.143. The van der Waals surface area contributed by atoms with Gasteiger partial charge < -0.3 is 10.5 Å². The first-order chi connectivity index (χ1) is 5.59. The molecule has 1 aromatic rings. The van der Waals surface area contributed by atoms with E-state index in [0.717, 1.165) is 0 Å². The molecule has 0 saturated heterocycles. The molecular formula is C7H6BrF2NO. The van der Waals surface area contributed by atoms with Crippen LogP contribution in [0.4, 0.5) is 14.5 Å². The molecule has 0 radical (unpaired) electrons. The summed E-state index contributed by atoms with van der Waals surface area (Å²) in [5.41, 5.74) is 5.87. The molecule has 12 heavy (non-hydrogen) atoms. The Kier molecular flexibility index (Phi) is 2.86. The van der Waals surface area contributed by atoms with Crippen LogP contribution in [0.15, 0.2) is 22.7 Å². The summed E-state index contributed by atoms with van der Waals surface area (Å²) < 4.78 is 28.0. The maximum Gasteiger partial charge on any atom is 0.387 e. The van der Waals surface area contributed by atoms with Gasteiger partial charge in [-0.25, -0.2) is 0 Å². The Bertz CT molecular complexity index is 280. The van der Waals surface area contributed by atoms with Crippen molar-refractivity contribution in [3.05, 3.63) is 22.7 Å². The largest absolute Gasteiger partial charge is 0.434 e. The summed E-state index contributed by atoms with van der Waals surface area (Å²) >= 11 is 3.04. The molecule has 5 heteroatoms. The highest BCUT2D eigenvalue weighted by Crippen LogP contribution is 2.27. The summed E-state index contributed by atoms with van der Waals surface area (Å²) in [6.07, 6.45) is 0. The standard InChI is InChI=1S/C7H6BrF2NO/c8-5-3-4(11)1-2-6(5)12-7(9)10/h1-3,7H,11H2. The van der Waals surface area contributed by atoms with Crippen molar-refractivity contribution in [2.24, 2.45) is 0 Å². The Hall–Kier alpha value is -0.840. The minimum absolute atomic E-state index is 0.0826. The molecule has 0 aromatic heterocycles. The van der Waals surface area contributed by atoms with Crippen LogP contribution in [0.5, 0.6) is 5.75 Å². The van der Waals surface area contributed by atoms with Crippen molar-refractivity contribution in [1.29, 1.82) is 0 Å². The molecular weight excluding hydrogens is 232 g/mol. The molecule has 0 saturated carbocycles. The number of benzene rings is 1. The van der Waals surface area contributed by atoms with Gasteiger partial charge >= 0.3 is 6.61 Å². The van der Waals surface area contributed by atoms with E-state index < -0.39 is 6.61 Å². The van der Waals surface area contributed by atoms with Crippen molar-refractivity contribution in [1.82, 2.24) is 0 Å². The van der Waals surface area contributed by atoms with Crippen LogP contribution < -0.4 is 10.5 Å². The maximum absolute atomic E-state index is 11.7. The Morgan fingerprint density at radius 1 is 1.42 bits per heavy atom. The van der Waals surface area contributed by atoms with Crippen molar-refractivity contribution in [3.63, 3.8) is 0 Å². The Labute approximate surface area is 76.4 Å². The molecule has 0 heterocycles. The van der Waals surface area contributed by atoms with Crippen molar-refractivity contribution >= 4 is 21.6 Å². The minimum atomic E-state index is -2.81. The van der Waals surface area contributed by atoms with E-state index in [9.17, 15) is 8.78 Å². The van der Waals surface area contributed by atoms with Gasteiger partial charge in [0.05, 0.1) is 4.47 Å². The zero-order chi connectivity index (χ0) is 9.14. The second-order valence-corrected chi connectivity index (χ2v) is 2.92. The van der Waals surface area contributed by atoms with E-state index in [1.165, 1.54) is 18.2 Å². The van der Waals surface area contributed by atoms with Gasteiger partial charge in [-0.1, -0.05) is 0 Å². The number of hydrogen-bond acceptors (Lipinski definition) is 2. The van der Waals surface area contributed by atoms with Gasteiger partial charge in [0, 0.05) is 5.69 Å². The van der Waals surface area contributed by atoms with E-state index in [1.807, 2.05) is 0 Å². The van der Waals surface area contributed by atoms with E-state index in [1.54, 1.807) is 0 Å². The van der Waals surface area contributed by atoms with Crippen molar-refractivity contribution in [2.45, 2.75) is 6.61 Å². The van der Waals surface area contributed by atoms with Crippen LogP contribution in [0.25, 0.3) is 0 Å². The van der Waals surface area contributed by atoms with Gasteiger partial charge in [-0.3, -0.25) is 0 Å². The monoisotopic (exact) mass is 237 g/mol. The zero-order valence-electron chi connectivity index (χ0n) is 5.93. The lowest BCUT2D eigenvalue weighted by molar-refractivity contribution is -0.0503. The van der Waals surface area contributed by atoms with Gasteiger partial charge in [-0.15, -0.1) is 0 Å². The van der Waals surface area contributed by atoms with Crippen LogP contribution in [0.3, 0.4) is 0 Å². The predicted octanol–water partition coefficient (Wildman–Crippen LogP) is 2.63. The van der Waals surface area contributed by atoms with Gasteiger partial charge in [-0.05, 0) is 34.1 Å². The third-order valence-electron chi connectivity index (χ3n) is 1.17. The molecule has 2 nitrogen and oxygen atoms in total. The molecule has 0 aliphatic rings. The number of alkyl halides is 2.